The molecule has 0 saturated carbocycles. The smallest absolute Gasteiger partial charge is 0.283 e. The zero-order valence-corrected chi connectivity index (χ0v) is 12.8. The zero-order chi connectivity index (χ0) is 15.8. The number of rotatable bonds is 7. The van der Waals surface area contributed by atoms with E-state index in [1.807, 2.05) is 37.3 Å². The fourth-order valence-electron chi connectivity index (χ4n) is 2.01. The molecule has 0 spiro atoms. The van der Waals surface area contributed by atoms with E-state index in [9.17, 15) is 9.59 Å². The number of hydrogen-bond donors (Lipinski definition) is 2. The van der Waals surface area contributed by atoms with Crippen molar-refractivity contribution in [1.82, 2.24) is 20.2 Å². The van der Waals surface area contributed by atoms with Crippen molar-refractivity contribution in [2.75, 3.05) is 26.7 Å². The molecule has 0 unspecified atom stereocenters. The minimum Gasteiger partial charge on any atom is -0.342 e. The minimum absolute atomic E-state index is 0.0818. The van der Waals surface area contributed by atoms with Gasteiger partial charge in [0.05, 0.1) is 12.2 Å². The third-order valence-electron chi connectivity index (χ3n) is 3.12. The molecule has 0 radical (unpaired) electrons. The Balaban J connectivity index is 2.64. The average molecular weight is 293 g/mol. The lowest BCUT2D eigenvalue weighted by Crippen LogP contribution is -2.38. The van der Waals surface area contributed by atoms with Gasteiger partial charge < -0.3 is 4.90 Å². The minimum atomic E-state index is -0.432. The monoisotopic (exact) mass is 293 g/mol. The van der Waals surface area contributed by atoms with Gasteiger partial charge >= 0.3 is 0 Å². The Hall–Kier alpha value is -1.99. The lowest BCUT2D eigenvalue weighted by atomic mass is 10.2. The van der Waals surface area contributed by atoms with Gasteiger partial charge in [-0.25, -0.2) is 10.8 Å². The van der Waals surface area contributed by atoms with Gasteiger partial charge in [0.15, 0.2) is 0 Å². The zero-order valence-electron chi connectivity index (χ0n) is 12.8. The van der Waals surface area contributed by atoms with Crippen LogP contribution in [0.1, 0.15) is 30.0 Å². The number of nitrogen functional groups attached to an aromatic ring is 1. The molecular formula is C14H23N5O2. The Labute approximate surface area is 125 Å². The number of hydrogen-bond acceptors (Lipinski definition) is 5. The molecule has 1 rings (SSSR count). The topological polar surface area (TPSA) is 91.6 Å². The van der Waals surface area contributed by atoms with Crippen LogP contribution in [0.15, 0.2) is 18.2 Å². The highest BCUT2D eigenvalue weighted by Crippen LogP contribution is 2.03. The molecule has 0 aliphatic rings. The van der Waals surface area contributed by atoms with E-state index in [4.69, 9.17) is 5.84 Å². The summed E-state index contributed by atoms with van der Waals surface area (Å²) in [7, 11) is 1.85. The van der Waals surface area contributed by atoms with Gasteiger partial charge in [-0.1, -0.05) is 6.07 Å². The Morgan fingerprint density at radius 1 is 1.29 bits per heavy atom. The van der Waals surface area contributed by atoms with E-state index in [-0.39, 0.29) is 11.6 Å². The van der Waals surface area contributed by atoms with Gasteiger partial charge in [0.1, 0.15) is 5.69 Å². The summed E-state index contributed by atoms with van der Waals surface area (Å²) in [4.78, 5) is 31.3. The van der Waals surface area contributed by atoms with Crippen LogP contribution in [0.3, 0.4) is 0 Å². The van der Waals surface area contributed by atoms with Crippen molar-refractivity contribution in [3.63, 3.8) is 0 Å². The molecule has 21 heavy (non-hydrogen) atoms. The molecule has 2 amide bonds. The van der Waals surface area contributed by atoms with E-state index in [1.165, 1.54) is 0 Å². The normalized spacial score (nSPS) is 10.5. The molecule has 116 valence electrons. The van der Waals surface area contributed by atoms with E-state index in [1.54, 1.807) is 17.0 Å². The van der Waals surface area contributed by atoms with E-state index in [0.717, 1.165) is 0 Å². The number of hydrazine groups is 1. The summed E-state index contributed by atoms with van der Waals surface area (Å²) in [5.41, 5.74) is 3.02. The van der Waals surface area contributed by atoms with Crippen molar-refractivity contribution in [2.24, 2.45) is 5.84 Å². The summed E-state index contributed by atoms with van der Waals surface area (Å²) in [6, 6.07) is 5.14. The van der Waals surface area contributed by atoms with Crippen molar-refractivity contribution >= 4 is 11.8 Å². The van der Waals surface area contributed by atoms with E-state index in [2.05, 4.69) is 4.98 Å². The molecule has 0 bridgehead atoms. The second-order valence-corrected chi connectivity index (χ2v) is 4.73. The van der Waals surface area contributed by atoms with Crippen molar-refractivity contribution in [3.05, 3.63) is 29.6 Å². The molecule has 0 saturated heterocycles. The SMILES string of the molecule is CCN(CC)C(=O)CN(C)Cc1cccc(C(=O)NN)n1. The third-order valence-corrected chi connectivity index (χ3v) is 3.12. The number of nitrogens with two attached hydrogens (primary N) is 1. The van der Waals surface area contributed by atoms with Gasteiger partial charge in [-0.2, -0.15) is 0 Å². The van der Waals surface area contributed by atoms with Crippen LogP contribution >= 0.6 is 0 Å². The molecule has 0 aliphatic heterocycles. The molecule has 0 atom stereocenters. The number of amides is 2. The van der Waals surface area contributed by atoms with Crippen LogP contribution in [0.4, 0.5) is 0 Å². The Kier molecular flexibility index (Phi) is 6.77. The first-order valence-corrected chi connectivity index (χ1v) is 6.95. The molecule has 1 aromatic rings. The Morgan fingerprint density at radius 3 is 2.52 bits per heavy atom. The molecule has 7 nitrogen and oxygen atoms in total. The Bertz CT molecular complexity index is 488. The van der Waals surface area contributed by atoms with Gasteiger partial charge in [-0.15, -0.1) is 0 Å². The van der Waals surface area contributed by atoms with Gasteiger partial charge in [-0.05, 0) is 33.0 Å². The first-order chi connectivity index (χ1) is 10.0. The van der Waals surface area contributed by atoms with Gasteiger partial charge in [0.25, 0.3) is 5.91 Å². The van der Waals surface area contributed by atoms with Crippen LogP contribution in [-0.2, 0) is 11.3 Å². The Morgan fingerprint density at radius 2 is 1.95 bits per heavy atom. The molecule has 0 fully saturated rings. The van der Waals surface area contributed by atoms with Crippen molar-refractivity contribution in [1.29, 1.82) is 0 Å². The first kappa shape index (κ1) is 17.1. The van der Waals surface area contributed by atoms with E-state index >= 15 is 0 Å². The number of aromatic nitrogens is 1. The first-order valence-electron chi connectivity index (χ1n) is 6.95. The fraction of sp³-hybridized carbons (Fsp3) is 0.500. The number of carbonyl (C=O) groups excluding carboxylic acids is 2. The highest BCUT2D eigenvalue weighted by Gasteiger charge is 2.13. The largest absolute Gasteiger partial charge is 0.342 e. The van der Waals surface area contributed by atoms with Crippen LogP contribution in [0, 0.1) is 0 Å². The molecule has 1 heterocycles. The summed E-state index contributed by atoms with van der Waals surface area (Å²) in [6.45, 7) is 6.12. The van der Waals surface area contributed by atoms with Gasteiger partial charge in [-0.3, -0.25) is 19.9 Å². The van der Waals surface area contributed by atoms with Crippen molar-refractivity contribution in [3.8, 4) is 0 Å². The maximum Gasteiger partial charge on any atom is 0.283 e. The van der Waals surface area contributed by atoms with Crippen LogP contribution in [-0.4, -0.2) is 53.3 Å². The number of nitrogens with one attached hydrogen (secondary N) is 1. The molecule has 0 aromatic carbocycles. The van der Waals surface area contributed by atoms with Crippen LogP contribution < -0.4 is 11.3 Å². The average Bonchev–Trinajstić information content (AvgIpc) is 2.47. The number of carbonyl (C=O) groups is 2. The maximum absolute atomic E-state index is 12.0. The summed E-state index contributed by atoms with van der Waals surface area (Å²) < 4.78 is 0. The fourth-order valence-corrected chi connectivity index (χ4v) is 2.01. The lowest BCUT2D eigenvalue weighted by Gasteiger charge is -2.22. The second kappa shape index (κ2) is 8.33. The van der Waals surface area contributed by atoms with Gasteiger partial charge in [0, 0.05) is 19.6 Å². The highest BCUT2D eigenvalue weighted by atomic mass is 16.2. The maximum atomic E-state index is 12.0. The highest BCUT2D eigenvalue weighted by molar-refractivity contribution is 5.91. The molecular weight excluding hydrogens is 270 g/mol. The molecule has 3 N–H and O–H groups in total. The lowest BCUT2D eigenvalue weighted by molar-refractivity contribution is -0.131. The molecule has 0 aliphatic carbocycles. The number of nitrogens with zero attached hydrogens (tertiary/aromatic N) is 3. The second-order valence-electron chi connectivity index (χ2n) is 4.73. The van der Waals surface area contributed by atoms with Crippen molar-refractivity contribution in [2.45, 2.75) is 20.4 Å². The van der Waals surface area contributed by atoms with E-state index in [0.29, 0.717) is 31.9 Å². The predicted octanol–water partition coefficient (Wildman–Crippen LogP) is -0.0147. The molecule has 7 heteroatoms. The number of pyridine rings is 1. The van der Waals surface area contributed by atoms with E-state index < -0.39 is 5.91 Å². The summed E-state index contributed by atoms with van der Waals surface area (Å²) in [5, 5.41) is 0. The quantitative estimate of drug-likeness (QED) is 0.419. The predicted molar refractivity (Wildman–Crippen MR) is 80.2 cm³/mol. The van der Waals surface area contributed by atoms with Crippen LogP contribution in [0.5, 0.6) is 0 Å². The van der Waals surface area contributed by atoms with Crippen LogP contribution in [0.2, 0.25) is 0 Å². The number of likely N-dealkylation sites (N-methyl/N-ethyl adjacent to an activating group) is 2. The van der Waals surface area contributed by atoms with Crippen LogP contribution in [0.25, 0.3) is 0 Å². The summed E-state index contributed by atoms with van der Waals surface area (Å²) in [5.74, 6) is 4.74. The summed E-state index contributed by atoms with van der Waals surface area (Å²) in [6.07, 6.45) is 0. The standard InChI is InChI=1S/C14H23N5O2/c1-4-19(5-2)13(20)10-18(3)9-11-7-6-8-12(16-11)14(21)17-15/h6-8H,4-5,9-10,15H2,1-3H3,(H,17,21). The molecule has 1 aromatic heterocycles. The third kappa shape index (κ3) is 5.13. The van der Waals surface area contributed by atoms with Crippen molar-refractivity contribution < 1.29 is 9.59 Å². The van der Waals surface area contributed by atoms with Gasteiger partial charge in [0.2, 0.25) is 5.91 Å². The summed E-state index contributed by atoms with van der Waals surface area (Å²) >= 11 is 0.